The van der Waals surface area contributed by atoms with Crippen LogP contribution in [0, 0.1) is 5.82 Å². The van der Waals surface area contributed by atoms with Crippen LogP contribution in [0.3, 0.4) is 0 Å². The normalized spacial score (nSPS) is 16.6. The number of halogens is 1. The van der Waals surface area contributed by atoms with E-state index in [4.69, 9.17) is 9.47 Å². The molecular formula is C16H22FNO2. The summed E-state index contributed by atoms with van der Waals surface area (Å²) in [6.07, 6.45) is 4.20. The molecule has 1 heterocycles. The van der Waals surface area contributed by atoms with Gasteiger partial charge >= 0.3 is 0 Å². The Kier molecular flexibility index (Phi) is 5.56. The number of hydrogen-bond donors (Lipinski definition) is 1. The van der Waals surface area contributed by atoms with Crippen molar-refractivity contribution in [3.8, 4) is 5.75 Å². The SMILES string of the molecule is COc1ccc([C@@H](C)NCCC2=CCOCC2)cc1F. The zero-order valence-electron chi connectivity index (χ0n) is 12.1. The molecule has 0 amide bonds. The maximum Gasteiger partial charge on any atom is 0.165 e. The number of nitrogens with one attached hydrogen (secondary N) is 1. The van der Waals surface area contributed by atoms with Gasteiger partial charge in [-0.05, 0) is 44.0 Å². The first-order chi connectivity index (χ1) is 9.70. The molecule has 1 aromatic carbocycles. The highest BCUT2D eigenvalue weighted by Gasteiger charge is 2.10. The zero-order chi connectivity index (χ0) is 14.4. The molecule has 1 atom stereocenters. The van der Waals surface area contributed by atoms with Crippen LogP contribution in [0.15, 0.2) is 29.8 Å². The van der Waals surface area contributed by atoms with Crippen molar-refractivity contribution in [2.75, 3.05) is 26.9 Å². The molecule has 0 bridgehead atoms. The minimum atomic E-state index is -0.314. The minimum Gasteiger partial charge on any atom is -0.494 e. The summed E-state index contributed by atoms with van der Waals surface area (Å²) in [7, 11) is 1.47. The van der Waals surface area contributed by atoms with Gasteiger partial charge in [-0.3, -0.25) is 0 Å². The smallest absolute Gasteiger partial charge is 0.165 e. The molecule has 1 aliphatic heterocycles. The number of rotatable bonds is 6. The van der Waals surface area contributed by atoms with Crippen molar-refractivity contribution in [3.63, 3.8) is 0 Å². The summed E-state index contributed by atoms with van der Waals surface area (Å²) >= 11 is 0. The molecule has 2 rings (SSSR count). The monoisotopic (exact) mass is 279 g/mol. The van der Waals surface area contributed by atoms with E-state index in [2.05, 4.69) is 11.4 Å². The van der Waals surface area contributed by atoms with Crippen LogP contribution in [0.2, 0.25) is 0 Å². The van der Waals surface area contributed by atoms with Crippen LogP contribution in [0.1, 0.15) is 31.4 Å². The van der Waals surface area contributed by atoms with Crippen molar-refractivity contribution in [3.05, 3.63) is 41.2 Å². The first-order valence-corrected chi connectivity index (χ1v) is 7.03. The summed E-state index contributed by atoms with van der Waals surface area (Å²) in [5, 5.41) is 3.42. The van der Waals surface area contributed by atoms with Crippen molar-refractivity contribution in [1.82, 2.24) is 5.32 Å². The number of hydrogen-bond acceptors (Lipinski definition) is 3. The Morgan fingerprint density at radius 2 is 2.30 bits per heavy atom. The van der Waals surface area contributed by atoms with Gasteiger partial charge in [0, 0.05) is 6.04 Å². The molecule has 1 aliphatic rings. The molecule has 1 N–H and O–H groups in total. The lowest BCUT2D eigenvalue weighted by Crippen LogP contribution is -2.21. The van der Waals surface area contributed by atoms with E-state index in [1.807, 2.05) is 13.0 Å². The fourth-order valence-corrected chi connectivity index (χ4v) is 2.31. The number of methoxy groups -OCH3 is 1. The van der Waals surface area contributed by atoms with E-state index in [-0.39, 0.29) is 17.6 Å². The van der Waals surface area contributed by atoms with Gasteiger partial charge in [-0.15, -0.1) is 0 Å². The van der Waals surface area contributed by atoms with Gasteiger partial charge in [-0.2, -0.15) is 0 Å². The van der Waals surface area contributed by atoms with E-state index in [1.54, 1.807) is 6.07 Å². The van der Waals surface area contributed by atoms with Crippen molar-refractivity contribution in [1.29, 1.82) is 0 Å². The topological polar surface area (TPSA) is 30.5 Å². The van der Waals surface area contributed by atoms with Gasteiger partial charge < -0.3 is 14.8 Å². The van der Waals surface area contributed by atoms with Gasteiger partial charge in [0.25, 0.3) is 0 Å². The summed E-state index contributed by atoms with van der Waals surface area (Å²) in [6.45, 7) is 4.49. The van der Waals surface area contributed by atoms with Crippen LogP contribution in [0.4, 0.5) is 4.39 Å². The highest BCUT2D eigenvalue weighted by atomic mass is 19.1. The Hall–Kier alpha value is -1.39. The Bertz CT molecular complexity index is 474. The molecule has 110 valence electrons. The average Bonchev–Trinajstić information content (AvgIpc) is 2.48. The third kappa shape index (κ3) is 4.05. The lowest BCUT2D eigenvalue weighted by Gasteiger charge is -2.17. The predicted octanol–water partition coefficient (Wildman–Crippen LogP) is 3.22. The molecule has 0 spiro atoms. The molecule has 0 saturated heterocycles. The maximum absolute atomic E-state index is 13.6. The molecule has 1 aromatic rings. The molecule has 0 radical (unpaired) electrons. The molecule has 3 nitrogen and oxygen atoms in total. The summed E-state index contributed by atoms with van der Waals surface area (Å²) in [6, 6.07) is 5.22. The molecule has 0 aromatic heterocycles. The summed E-state index contributed by atoms with van der Waals surface area (Å²) in [5.74, 6) is -0.0286. The van der Waals surface area contributed by atoms with Crippen LogP contribution in [-0.2, 0) is 4.74 Å². The number of ether oxygens (including phenoxy) is 2. The highest BCUT2D eigenvalue weighted by Crippen LogP contribution is 2.22. The summed E-state index contributed by atoms with van der Waals surface area (Å²) in [5.41, 5.74) is 2.38. The van der Waals surface area contributed by atoms with E-state index in [9.17, 15) is 4.39 Å². The van der Waals surface area contributed by atoms with Crippen LogP contribution in [0.25, 0.3) is 0 Å². The van der Waals surface area contributed by atoms with E-state index in [1.165, 1.54) is 18.7 Å². The third-order valence-corrected chi connectivity index (χ3v) is 3.63. The fraction of sp³-hybridized carbons (Fsp3) is 0.500. The summed E-state index contributed by atoms with van der Waals surface area (Å²) in [4.78, 5) is 0. The maximum atomic E-state index is 13.6. The quantitative estimate of drug-likeness (QED) is 0.811. The Morgan fingerprint density at radius 3 is 2.95 bits per heavy atom. The van der Waals surface area contributed by atoms with E-state index in [0.29, 0.717) is 0 Å². The second-order valence-electron chi connectivity index (χ2n) is 5.01. The lowest BCUT2D eigenvalue weighted by molar-refractivity contribution is 0.153. The van der Waals surface area contributed by atoms with Crippen molar-refractivity contribution >= 4 is 0 Å². The second-order valence-corrected chi connectivity index (χ2v) is 5.01. The van der Waals surface area contributed by atoms with Crippen molar-refractivity contribution in [2.45, 2.75) is 25.8 Å². The number of benzene rings is 1. The first kappa shape index (κ1) is 15.0. The Labute approximate surface area is 119 Å². The molecule has 0 fully saturated rings. The van der Waals surface area contributed by atoms with Gasteiger partial charge in [-0.1, -0.05) is 17.7 Å². The molecule has 0 aliphatic carbocycles. The molecule has 20 heavy (non-hydrogen) atoms. The van der Waals surface area contributed by atoms with Gasteiger partial charge in [0.1, 0.15) is 0 Å². The van der Waals surface area contributed by atoms with Gasteiger partial charge in [0.2, 0.25) is 0 Å². The van der Waals surface area contributed by atoms with Gasteiger partial charge in [-0.25, -0.2) is 4.39 Å². The third-order valence-electron chi connectivity index (χ3n) is 3.63. The van der Waals surface area contributed by atoms with Crippen LogP contribution in [-0.4, -0.2) is 26.9 Å². The van der Waals surface area contributed by atoms with E-state index >= 15 is 0 Å². The highest BCUT2D eigenvalue weighted by molar-refractivity contribution is 5.30. The molecular weight excluding hydrogens is 257 g/mol. The lowest BCUT2D eigenvalue weighted by atomic mass is 10.1. The predicted molar refractivity (Wildman–Crippen MR) is 77.5 cm³/mol. The fourth-order valence-electron chi connectivity index (χ4n) is 2.31. The average molecular weight is 279 g/mol. The minimum absolute atomic E-state index is 0.121. The van der Waals surface area contributed by atoms with Gasteiger partial charge in [0.05, 0.1) is 20.3 Å². The molecule has 4 heteroatoms. The Balaban J connectivity index is 1.83. The van der Waals surface area contributed by atoms with Crippen molar-refractivity contribution in [2.24, 2.45) is 0 Å². The second kappa shape index (κ2) is 7.41. The molecule has 0 unspecified atom stereocenters. The first-order valence-electron chi connectivity index (χ1n) is 7.03. The van der Waals surface area contributed by atoms with Crippen LogP contribution < -0.4 is 10.1 Å². The van der Waals surface area contributed by atoms with E-state index < -0.39 is 0 Å². The standard InChI is InChI=1S/C16H22FNO2/c1-12(14-3-4-16(19-2)15(17)11-14)18-8-5-13-6-9-20-10-7-13/h3-4,6,11-12,18H,5,7-10H2,1-2H3/t12-/m1/s1. The summed E-state index contributed by atoms with van der Waals surface area (Å²) < 4.78 is 23.9. The van der Waals surface area contributed by atoms with E-state index in [0.717, 1.165) is 38.2 Å². The van der Waals surface area contributed by atoms with Crippen LogP contribution in [0.5, 0.6) is 5.75 Å². The zero-order valence-corrected chi connectivity index (χ0v) is 12.1. The Morgan fingerprint density at radius 1 is 1.45 bits per heavy atom. The van der Waals surface area contributed by atoms with Gasteiger partial charge in [0.15, 0.2) is 11.6 Å². The molecule has 0 saturated carbocycles. The van der Waals surface area contributed by atoms with Crippen LogP contribution >= 0.6 is 0 Å². The largest absolute Gasteiger partial charge is 0.494 e. The van der Waals surface area contributed by atoms with Crippen molar-refractivity contribution < 1.29 is 13.9 Å².